The summed E-state index contributed by atoms with van der Waals surface area (Å²) in [7, 11) is 0. The Hall–Kier alpha value is -0.530. The molecule has 2 heteroatoms. The fraction of sp³-hybridized carbons (Fsp3) is 0.977. The quantitative estimate of drug-likeness (QED) is 0.0495. The highest BCUT2D eigenvalue weighted by molar-refractivity contribution is 5.69. The van der Waals surface area contributed by atoms with Crippen LogP contribution in [0.1, 0.15) is 264 Å². The Bertz CT molecular complexity index is 530. The van der Waals surface area contributed by atoms with Crippen molar-refractivity contribution in [2.45, 2.75) is 264 Å². The molecular weight excluding hydrogens is 548 g/mol. The van der Waals surface area contributed by atoms with E-state index in [1.807, 2.05) is 0 Å². The average Bonchev–Trinajstić information content (AvgIpc) is 3.05. The molecule has 0 unspecified atom stereocenters. The van der Waals surface area contributed by atoms with Crippen molar-refractivity contribution in [2.75, 3.05) is 6.61 Å². The van der Waals surface area contributed by atoms with E-state index in [2.05, 4.69) is 13.8 Å². The molecule has 0 saturated carbocycles. The summed E-state index contributed by atoms with van der Waals surface area (Å²) in [6.45, 7) is 5.23. The topological polar surface area (TPSA) is 26.3 Å². The average molecular weight is 635 g/mol. The van der Waals surface area contributed by atoms with Crippen LogP contribution in [0, 0.1) is 0 Å². The van der Waals surface area contributed by atoms with Crippen LogP contribution < -0.4 is 0 Å². The van der Waals surface area contributed by atoms with E-state index in [9.17, 15) is 4.79 Å². The van der Waals surface area contributed by atoms with Gasteiger partial charge in [-0.25, -0.2) is 0 Å². The zero-order valence-corrected chi connectivity index (χ0v) is 31.6. The molecule has 0 aromatic carbocycles. The van der Waals surface area contributed by atoms with Crippen molar-refractivity contribution in [1.82, 2.24) is 0 Å². The first-order chi connectivity index (χ1) is 22.3. The molecule has 270 valence electrons. The third-order valence-corrected chi connectivity index (χ3v) is 10.00. The highest BCUT2D eigenvalue weighted by Gasteiger charge is 2.03. The molecule has 2 nitrogen and oxygen atoms in total. The molecule has 0 atom stereocenters. The Morgan fingerprint density at radius 2 is 0.489 bits per heavy atom. The molecule has 0 radical (unpaired) electrons. The van der Waals surface area contributed by atoms with Crippen molar-refractivity contribution in [3.8, 4) is 0 Å². The maximum Gasteiger partial charge on any atom is 0.305 e. The van der Waals surface area contributed by atoms with Crippen molar-refractivity contribution in [3.05, 3.63) is 0 Å². The van der Waals surface area contributed by atoms with Crippen molar-refractivity contribution in [3.63, 3.8) is 0 Å². The maximum absolute atomic E-state index is 12.0. The molecule has 0 aromatic heterocycles. The molecule has 0 aromatic rings. The van der Waals surface area contributed by atoms with Gasteiger partial charge in [-0.05, 0) is 12.8 Å². The molecule has 0 heterocycles. The second-order valence-corrected chi connectivity index (χ2v) is 14.7. The summed E-state index contributed by atoms with van der Waals surface area (Å²) in [5, 5.41) is 0. The minimum absolute atomic E-state index is 0.0316. The van der Waals surface area contributed by atoms with E-state index in [0.717, 1.165) is 12.8 Å². The Labute approximate surface area is 285 Å². The van der Waals surface area contributed by atoms with E-state index < -0.39 is 0 Å². The lowest BCUT2D eigenvalue weighted by atomic mass is 10.0. The molecule has 0 N–H and O–H groups in total. The first kappa shape index (κ1) is 44.5. The Morgan fingerprint density at radius 3 is 0.733 bits per heavy atom. The normalized spacial score (nSPS) is 11.4. The van der Waals surface area contributed by atoms with E-state index in [1.165, 1.54) is 231 Å². The van der Waals surface area contributed by atoms with Crippen molar-refractivity contribution < 1.29 is 9.53 Å². The van der Waals surface area contributed by atoms with Gasteiger partial charge in [-0.3, -0.25) is 4.79 Å². The second kappa shape index (κ2) is 41.5. The Kier molecular flexibility index (Phi) is 41.0. The minimum atomic E-state index is 0.0316. The monoisotopic (exact) mass is 635 g/mol. The number of hydrogen-bond donors (Lipinski definition) is 0. The predicted molar refractivity (Wildman–Crippen MR) is 202 cm³/mol. The predicted octanol–water partition coefficient (Wildman–Crippen LogP) is 15.8. The maximum atomic E-state index is 12.0. The summed E-state index contributed by atoms with van der Waals surface area (Å²) in [4.78, 5) is 12.0. The standard InChI is InChI=1S/C43H86O2/c1-3-5-7-9-11-13-15-17-19-21-22-23-24-26-28-30-32-34-36-38-40-42-45-43(44)41-39-37-35-33-31-29-27-25-20-18-16-14-12-10-8-6-4-2/h3-42H2,1-2H3. The first-order valence-corrected chi connectivity index (χ1v) is 21.5. The molecule has 0 aliphatic heterocycles. The smallest absolute Gasteiger partial charge is 0.305 e. The number of carbonyl (C=O) groups excluding carboxylic acids is 1. The zero-order valence-electron chi connectivity index (χ0n) is 31.6. The molecule has 0 aliphatic rings. The number of rotatable bonds is 40. The molecule has 0 fully saturated rings. The SMILES string of the molecule is CCCCCCCCCCCCCCCCCCCCCCCOC(=O)CCCCCCCCCCCCCCCCCCC. The molecule has 0 aliphatic carbocycles. The van der Waals surface area contributed by atoms with Crippen LogP contribution in [-0.2, 0) is 9.53 Å². The van der Waals surface area contributed by atoms with Crippen LogP contribution in [-0.4, -0.2) is 12.6 Å². The van der Waals surface area contributed by atoms with Crippen LogP contribution >= 0.6 is 0 Å². The number of unbranched alkanes of at least 4 members (excludes halogenated alkanes) is 36. The molecule has 0 saturated heterocycles. The van der Waals surface area contributed by atoms with E-state index in [1.54, 1.807) is 0 Å². The van der Waals surface area contributed by atoms with Crippen LogP contribution in [0.4, 0.5) is 0 Å². The van der Waals surface area contributed by atoms with Crippen molar-refractivity contribution >= 4 is 5.97 Å². The van der Waals surface area contributed by atoms with Crippen molar-refractivity contribution in [2.24, 2.45) is 0 Å². The van der Waals surface area contributed by atoms with E-state index >= 15 is 0 Å². The van der Waals surface area contributed by atoms with Gasteiger partial charge < -0.3 is 4.74 Å². The summed E-state index contributed by atoms with van der Waals surface area (Å²) in [5.41, 5.74) is 0. The largest absolute Gasteiger partial charge is 0.466 e. The molecule has 0 bridgehead atoms. The summed E-state index contributed by atoms with van der Waals surface area (Å²) in [6, 6.07) is 0. The minimum Gasteiger partial charge on any atom is -0.466 e. The van der Waals surface area contributed by atoms with Gasteiger partial charge in [-0.2, -0.15) is 0 Å². The third-order valence-electron chi connectivity index (χ3n) is 10.00. The summed E-state index contributed by atoms with van der Waals surface area (Å²) < 4.78 is 5.47. The lowest BCUT2D eigenvalue weighted by molar-refractivity contribution is -0.143. The number of hydrogen-bond acceptors (Lipinski definition) is 2. The van der Waals surface area contributed by atoms with Gasteiger partial charge in [-0.15, -0.1) is 0 Å². The fourth-order valence-corrected chi connectivity index (χ4v) is 6.79. The lowest BCUT2D eigenvalue weighted by Gasteiger charge is -2.06. The molecule has 0 amide bonds. The van der Waals surface area contributed by atoms with Gasteiger partial charge in [-0.1, -0.05) is 245 Å². The molecular formula is C43H86O2. The zero-order chi connectivity index (χ0) is 32.6. The van der Waals surface area contributed by atoms with Crippen LogP contribution in [0.5, 0.6) is 0 Å². The first-order valence-electron chi connectivity index (χ1n) is 21.5. The highest BCUT2D eigenvalue weighted by atomic mass is 16.5. The Balaban J connectivity index is 3.14. The van der Waals surface area contributed by atoms with Gasteiger partial charge in [0.05, 0.1) is 6.61 Å². The number of carbonyl (C=O) groups is 1. The second-order valence-electron chi connectivity index (χ2n) is 14.7. The lowest BCUT2D eigenvalue weighted by Crippen LogP contribution is -2.05. The van der Waals surface area contributed by atoms with Gasteiger partial charge in [0.25, 0.3) is 0 Å². The molecule has 0 rings (SSSR count). The van der Waals surface area contributed by atoms with E-state index in [-0.39, 0.29) is 5.97 Å². The van der Waals surface area contributed by atoms with Crippen LogP contribution in [0.3, 0.4) is 0 Å². The number of ether oxygens (including phenoxy) is 1. The third kappa shape index (κ3) is 41.4. The fourth-order valence-electron chi connectivity index (χ4n) is 6.79. The summed E-state index contributed by atoms with van der Waals surface area (Å²) in [6.07, 6.45) is 53.4. The Morgan fingerprint density at radius 1 is 0.289 bits per heavy atom. The van der Waals surface area contributed by atoms with Gasteiger partial charge in [0.2, 0.25) is 0 Å². The van der Waals surface area contributed by atoms with Crippen LogP contribution in [0.25, 0.3) is 0 Å². The molecule has 45 heavy (non-hydrogen) atoms. The summed E-state index contributed by atoms with van der Waals surface area (Å²) >= 11 is 0. The van der Waals surface area contributed by atoms with Gasteiger partial charge >= 0.3 is 5.97 Å². The number of esters is 1. The van der Waals surface area contributed by atoms with Crippen molar-refractivity contribution in [1.29, 1.82) is 0 Å². The van der Waals surface area contributed by atoms with E-state index in [4.69, 9.17) is 4.74 Å². The van der Waals surface area contributed by atoms with Gasteiger partial charge in [0.1, 0.15) is 0 Å². The van der Waals surface area contributed by atoms with Gasteiger partial charge in [0, 0.05) is 6.42 Å². The van der Waals surface area contributed by atoms with E-state index in [0.29, 0.717) is 13.0 Å². The van der Waals surface area contributed by atoms with Crippen LogP contribution in [0.15, 0.2) is 0 Å². The van der Waals surface area contributed by atoms with Crippen LogP contribution in [0.2, 0.25) is 0 Å². The molecule has 0 spiro atoms. The highest BCUT2D eigenvalue weighted by Crippen LogP contribution is 2.16. The summed E-state index contributed by atoms with van der Waals surface area (Å²) in [5.74, 6) is 0.0316. The van der Waals surface area contributed by atoms with Gasteiger partial charge in [0.15, 0.2) is 0 Å².